The van der Waals surface area contributed by atoms with Gasteiger partial charge in [0.2, 0.25) is 0 Å². The Kier molecular flexibility index (Phi) is 2.40. The predicted molar refractivity (Wildman–Crippen MR) is 70.6 cm³/mol. The molecule has 0 bridgehead atoms. The van der Waals surface area contributed by atoms with E-state index in [9.17, 15) is 4.39 Å². The summed E-state index contributed by atoms with van der Waals surface area (Å²) < 4.78 is 13.2. The number of amidine groups is 1. The Bertz CT molecular complexity index is 634. The van der Waals surface area contributed by atoms with Crippen LogP contribution in [0, 0.1) is 18.2 Å². The van der Waals surface area contributed by atoms with E-state index >= 15 is 0 Å². The number of nitrogens with one attached hydrogen (secondary N) is 1. The molecule has 3 heteroatoms. The molecule has 3 rings (SSSR count). The third-order valence-electron chi connectivity index (χ3n) is 3.33. The van der Waals surface area contributed by atoms with Crippen LogP contribution in [0.1, 0.15) is 16.7 Å². The van der Waals surface area contributed by atoms with Gasteiger partial charge in [-0.1, -0.05) is 24.3 Å². The number of hydrogen-bond donors (Lipinski definition) is 1. The molecule has 0 aromatic heterocycles. The molecule has 0 amide bonds. The van der Waals surface area contributed by atoms with Crippen molar-refractivity contribution >= 4 is 11.5 Å². The van der Waals surface area contributed by atoms with Crippen molar-refractivity contribution < 1.29 is 4.39 Å². The van der Waals surface area contributed by atoms with E-state index in [2.05, 4.69) is 0 Å². The summed E-state index contributed by atoms with van der Waals surface area (Å²) in [4.78, 5) is 1.92. The van der Waals surface area contributed by atoms with Crippen LogP contribution in [-0.2, 0) is 6.54 Å². The Morgan fingerprint density at radius 2 is 1.94 bits per heavy atom. The van der Waals surface area contributed by atoms with Gasteiger partial charge >= 0.3 is 0 Å². The van der Waals surface area contributed by atoms with E-state index in [1.165, 1.54) is 12.1 Å². The molecule has 0 fully saturated rings. The Labute approximate surface area is 105 Å². The fourth-order valence-corrected chi connectivity index (χ4v) is 2.37. The number of fused-ring (bicyclic) bond motifs is 1. The fraction of sp³-hybridized carbons (Fsp3) is 0.133. The summed E-state index contributed by atoms with van der Waals surface area (Å²) in [6, 6.07) is 12.6. The highest BCUT2D eigenvalue weighted by atomic mass is 19.1. The topological polar surface area (TPSA) is 27.1 Å². The first-order valence-corrected chi connectivity index (χ1v) is 5.87. The molecule has 90 valence electrons. The number of halogens is 1. The largest absolute Gasteiger partial charge is 0.322 e. The highest BCUT2D eigenvalue weighted by Gasteiger charge is 2.26. The zero-order valence-electron chi connectivity index (χ0n) is 10.1. The van der Waals surface area contributed by atoms with Gasteiger partial charge in [0.25, 0.3) is 0 Å². The van der Waals surface area contributed by atoms with Crippen molar-refractivity contribution in [2.45, 2.75) is 13.5 Å². The smallest absolute Gasteiger partial charge is 0.133 e. The first-order valence-electron chi connectivity index (χ1n) is 5.87. The van der Waals surface area contributed by atoms with Crippen LogP contribution in [-0.4, -0.2) is 5.84 Å². The molecule has 18 heavy (non-hydrogen) atoms. The van der Waals surface area contributed by atoms with Crippen LogP contribution in [0.25, 0.3) is 0 Å². The molecule has 0 unspecified atom stereocenters. The molecule has 0 spiro atoms. The molecule has 1 aliphatic rings. The fourth-order valence-electron chi connectivity index (χ4n) is 2.37. The molecule has 1 aliphatic heterocycles. The summed E-state index contributed by atoms with van der Waals surface area (Å²) in [7, 11) is 0. The molecule has 0 aliphatic carbocycles. The van der Waals surface area contributed by atoms with E-state index in [1.54, 1.807) is 6.07 Å². The summed E-state index contributed by atoms with van der Waals surface area (Å²) >= 11 is 0. The van der Waals surface area contributed by atoms with Crippen molar-refractivity contribution in [2.75, 3.05) is 4.90 Å². The van der Waals surface area contributed by atoms with E-state index in [0.29, 0.717) is 17.9 Å². The monoisotopic (exact) mass is 240 g/mol. The second-order valence-corrected chi connectivity index (χ2v) is 4.52. The number of anilines is 1. The van der Waals surface area contributed by atoms with Crippen molar-refractivity contribution in [3.05, 3.63) is 65.0 Å². The minimum atomic E-state index is -0.287. The van der Waals surface area contributed by atoms with Gasteiger partial charge in [-0.15, -0.1) is 0 Å². The zero-order chi connectivity index (χ0) is 12.7. The average Bonchev–Trinajstić information content (AvgIpc) is 2.68. The summed E-state index contributed by atoms with van der Waals surface area (Å²) in [6.07, 6.45) is 0. The standard InChI is InChI=1S/C15H13FN2/c1-10-4-2-3-5-14(10)18-9-11-6-7-12(16)8-13(11)15(18)17/h2-8,17H,9H2,1H3. The lowest BCUT2D eigenvalue weighted by Gasteiger charge is -2.20. The number of benzene rings is 2. The second-order valence-electron chi connectivity index (χ2n) is 4.52. The van der Waals surface area contributed by atoms with Crippen LogP contribution in [0.2, 0.25) is 0 Å². The zero-order valence-corrected chi connectivity index (χ0v) is 10.1. The quantitative estimate of drug-likeness (QED) is 0.811. The van der Waals surface area contributed by atoms with Gasteiger partial charge in [0.05, 0.1) is 6.54 Å². The molecule has 2 aromatic rings. The van der Waals surface area contributed by atoms with Gasteiger partial charge in [0, 0.05) is 11.3 Å². The molecule has 0 saturated heterocycles. The van der Waals surface area contributed by atoms with E-state index < -0.39 is 0 Å². The van der Waals surface area contributed by atoms with Crippen molar-refractivity contribution in [3.8, 4) is 0 Å². The van der Waals surface area contributed by atoms with Crippen LogP contribution >= 0.6 is 0 Å². The summed E-state index contributed by atoms with van der Waals surface area (Å²) in [6.45, 7) is 2.66. The Balaban J connectivity index is 2.05. The lowest BCUT2D eigenvalue weighted by molar-refractivity contribution is 0.627. The maximum absolute atomic E-state index is 13.2. The van der Waals surface area contributed by atoms with Crippen LogP contribution in [0.5, 0.6) is 0 Å². The van der Waals surface area contributed by atoms with Gasteiger partial charge in [-0.3, -0.25) is 5.41 Å². The summed E-state index contributed by atoms with van der Waals surface area (Å²) in [5.41, 5.74) is 3.83. The normalized spacial score (nSPS) is 13.9. The number of rotatable bonds is 1. The van der Waals surface area contributed by atoms with Gasteiger partial charge in [0.1, 0.15) is 11.7 Å². The summed E-state index contributed by atoms with van der Waals surface area (Å²) in [5.74, 6) is 0.0870. The van der Waals surface area contributed by atoms with Gasteiger partial charge in [-0.25, -0.2) is 4.39 Å². The van der Waals surface area contributed by atoms with Crippen molar-refractivity contribution in [2.24, 2.45) is 0 Å². The number of nitrogens with zero attached hydrogens (tertiary/aromatic N) is 1. The molecule has 0 radical (unpaired) electrons. The minimum absolute atomic E-state index is 0.287. The van der Waals surface area contributed by atoms with Gasteiger partial charge in [-0.2, -0.15) is 0 Å². The van der Waals surface area contributed by atoms with Crippen molar-refractivity contribution in [1.29, 1.82) is 5.41 Å². The van der Waals surface area contributed by atoms with Gasteiger partial charge < -0.3 is 4.90 Å². The Morgan fingerprint density at radius 3 is 2.72 bits per heavy atom. The van der Waals surface area contributed by atoms with Crippen LogP contribution < -0.4 is 4.90 Å². The van der Waals surface area contributed by atoms with E-state index in [1.807, 2.05) is 36.1 Å². The average molecular weight is 240 g/mol. The van der Waals surface area contributed by atoms with E-state index in [0.717, 1.165) is 16.8 Å². The molecule has 0 saturated carbocycles. The van der Waals surface area contributed by atoms with Crippen LogP contribution in [0.15, 0.2) is 42.5 Å². The maximum Gasteiger partial charge on any atom is 0.133 e. The number of aryl methyl sites for hydroxylation is 1. The van der Waals surface area contributed by atoms with Crippen molar-refractivity contribution in [1.82, 2.24) is 0 Å². The highest BCUT2D eigenvalue weighted by Crippen LogP contribution is 2.30. The second kappa shape index (κ2) is 3.95. The highest BCUT2D eigenvalue weighted by molar-refractivity contribution is 6.11. The summed E-state index contributed by atoms with van der Waals surface area (Å²) in [5, 5.41) is 8.18. The molecule has 0 atom stereocenters. The Morgan fingerprint density at radius 1 is 1.17 bits per heavy atom. The molecule has 2 nitrogen and oxygen atoms in total. The van der Waals surface area contributed by atoms with E-state index in [-0.39, 0.29) is 5.82 Å². The predicted octanol–water partition coefficient (Wildman–Crippen LogP) is 3.48. The lowest BCUT2D eigenvalue weighted by atomic mass is 10.1. The molecule has 1 heterocycles. The van der Waals surface area contributed by atoms with Crippen LogP contribution in [0.4, 0.5) is 10.1 Å². The first-order chi connectivity index (χ1) is 8.66. The molecule has 1 N–H and O–H groups in total. The van der Waals surface area contributed by atoms with Crippen molar-refractivity contribution in [3.63, 3.8) is 0 Å². The Hall–Kier alpha value is -2.16. The number of para-hydroxylation sites is 1. The molecule has 2 aromatic carbocycles. The first kappa shape index (κ1) is 11.0. The SMILES string of the molecule is Cc1ccccc1N1Cc2ccc(F)cc2C1=N. The molecular formula is C15H13FN2. The van der Waals surface area contributed by atoms with Gasteiger partial charge in [0.15, 0.2) is 0 Å². The number of hydrogen-bond acceptors (Lipinski definition) is 1. The minimum Gasteiger partial charge on any atom is -0.322 e. The third kappa shape index (κ3) is 1.59. The van der Waals surface area contributed by atoms with Crippen LogP contribution in [0.3, 0.4) is 0 Å². The lowest BCUT2D eigenvalue weighted by Crippen LogP contribution is -2.23. The molecular weight excluding hydrogens is 227 g/mol. The third-order valence-corrected chi connectivity index (χ3v) is 3.33. The maximum atomic E-state index is 13.2. The van der Waals surface area contributed by atoms with E-state index in [4.69, 9.17) is 5.41 Å². The van der Waals surface area contributed by atoms with Gasteiger partial charge in [-0.05, 0) is 36.2 Å².